The van der Waals surface area contributed by atoms with E-state index in [0.29, 0.717) is 12.8 Å². The van der Waals surface area contributed by atoms with E-state index in [2.05, 4.69) is 4.36 Å². The highest BCUT2D eigenvalue weighted by Gasteiger charge is 2.15. The number of amides is 1. The van der Waals surface area contributed by atoms with Gasteiger partial charge in [-0.15, -0.1) is 4.36 Å². The average Bonchev–Trinajstić information content (AvgIpc) is 2.44. The minimum Gasteiger partial charge on any atom is -0.440 e. The maximum absolute atomic E-state index is 12.1. The molecule has 0 aliphatic carbocycles. The summed E-state index contributed by atoms with van der Waals surface area (Å²) in [4.78, 5) is 11.7. The van der Waals surface area contributed by atoms with Gasteiger partial charge in [-0.1, -0.05) is 30.3 Å². The van der Waals surface area contributed by atoms with Crippen LogP contribution in [0.15, 0.2) is 34.7 Å². The Labute approximate surface area is 131 Å². The third kappa shape index (κ3) is 6.99. The maximum atomic E-state index is 12.1. The lowest BCUT2D eigenvalue weighted by atomic mass is 10.1. The van der Waals surface area contributed by atoms with Crippen molar-refractivity contribution in [2.75, 3.05) is 12.4 Å². The standard InChI is InChI=1S/C14H23N3O4S/c1-11(12-6-3-2-4-7-12)21-14(19)17-22(16,20)10-13(15)8-5-9-18/h2-4,6-7,11,13,18H,5,8-10,15H2,1H3,(H2,16,17,19,20)/t11-,13-,22?/m0/s1. The number of benzene rings is 1. The first kappa shape index (κ1) is 18.6. The van der Waals surface area contributed by atoms with Gasteiger partial charge in [-0.25, -0.2) is 14.1 Å². The summed E-state index contributed by atoms with van der Waals surface area (Å²) in [5.41, 5.74) is 6.53. The lowest BCUT2D eigenvalue weighted by Crippen LogP contribution is -2.33. The van der Waals surface area contributed by atoms with E-state index in [-0.39, 0.29) is 12.4 Å². The number of nitrogens with two attached hydrogens (primary N) is 2. The first-order chi connectivity index (χ1) is 10.3. The molecule has 1 amide bonds. The Morgan fingerprint density at radius 3 is 2.64 bits per heavy atom. The number of ether oxygens (including phenoxy) is 1. The fourth-order valence-corrected chi connectivity index (χ4v) is 3.02. The molecule has 0 aliphatic heterocycles. The quantitative estimate of drug-likeness (QED) is 0.695. The molecule has 5 N–H and O–H groups in total. The first-order valence-corrected chi connectivity index (χ1v) is 8.73. The van der Waals surface area contributed by atoms with Crippen LogP contribution in [0.25, 0.3) is 0 Å². The molecule has 0 radical (unpaired) electrons. The highest BCUT2D eigenvalue weighted by atomic mass is 32.2. The molecule has 7 nitrogen and oxygen atoms in total. The van der Waals surface area contributed by atoms with Gasteiger partial charge in [0.05, 0.1) is 5.75 Å². The van der Waals surface area contributed by atoms with Gasteiger partial charge < -0.3 is 15.6 Å². The van der Waals surface area contributed by atoms with E-state index in [1.807, 2.05) is 30.3 Å². The second-order valence-electron chi connectivity index (χ2n) is 5.01. The largest absolute Gasteiger partial charge is 0.443 e. The number of carbonyl (C=O) groups is 1. The van der Waals surface area contributed by atoms with Gasteiger partial charge in [-0.05, 0) is 25.3 Å². The third-order valence-corrected chi connectivity index (χ3v) is 4.33. The molecule has 22 heavy (non-hydrogen) atoms. The van der Waals surface area contributed by atoms with E-state index in [9.17, 15) is 9.00 Å². The van der Waals surface area contributed by atoms with Crippen molar-refractivity contribution < 1.29 is 18.8 Å². The minimum atomic E-state index is -3.24. The second kappa shape index (κ2) is 8.84. The van der Waals surface area contributed by atoms with Crippen LogP contribution in [-0.2, 0) is 14.7 Å². The SMILES string of the molecule is C[C@H](OC(=O)N=S(N)(=O)C[C@@H](N)CCCO)c1ccccc1. The van der Waals surface area contributed by atoms with Gasteiger partial charge in [0.15, 0.2) is 0 Å². The minimum absolute atomic E-state index is 0.00671. The van der Waals surface area contributed by atoms with Crippen molar-refractivity contribution in [3.63, 3.8) is 0 Å². The van der Waals surface area contributed by atoms with E-state index in [4.69, 9.17) is 20.7 Å². The Bertz CT molecular complexity index is 585. The van der Waals surface area contributed by atoms with Crippen molar-refractivity contribution in [1.82, 2.24) is 0 Å². The monoisotopic (exact) mass is 329 g/mol. The zero-order valence-electron chi connectivity index (χ0n) is 12.6. The lowest BCUT2D eigenvalue weighted by molar-refractivity contribution is 0.117. The fraction of sp³-hybridized carbons (Fsp3) is 0.500. The number of hydrogen-bond donors (Lipinski definition) is 3. The van der Waals surface area contributed by atoms with Crippen molar-refractivity contribution in [3.05, 3.63) is 35.9 Å². The molecule has 1 aromatic rings. The smallest absolute Gasteiger partial charge is 0.440 e. The van der Waals surface area contributed by atoms with E-state index in [1.54, 1.807) is 6.92 Å². The van der Waals surface area contributed by atoms with Crippen LogP contribution in [0.4, 0.5) is 4.79 Å². The molecule has 0 heterocycles. The highest BCUT2D eigenvalue weighted by Crippen LogP contribution is 2.16. The zero-order valence-corrected chi connectivity index (χ0v) is 13.4. The molecule has 0 saturated carbocycles. The number of carbonyl (C=O) groups excluding carboxylic acids is 1. The Morgan fingerprint density at radius 1 is 1.41 bits per heavy atom. The van der Waals surface area contributed by atoms with Crippen LogP contribution in [-0.4, -0.2) is 33.8 Å². The highest BCUT2D eigenvalue weighted by molar-refractivity contribution is 7.91. The van der Waals surface area contributed by atoms with Crippen molar-refractivity contribution >= 4 is 16.0 Å². The predicted octanol–water partition coefficient (Wildman–Crippen LogP) is 1.33. The van der Waals surface area contributed by atoms with Crippen LogP contribution in [0.1, 0.15) is 31.4 Å². The van der Waals surface area contributed by atoms with E-state index in [1.165, 1.54) is 0 Å². The van der Waals surface area contributed by atoms with Crippen LogP contribution in [0.5, 0.6) is 0 Å². The molecule has 0 spiro atoms. The zero-order chi connectivity index (χ0) is 16.6. The van der Waals surface area contributed by atoms with E-state index >= 15 is 0 Å². The van der Waals surface area contributed by atoms with Crippen molar-refractivity contribution in [1.29, 1.82) is 0 Å². The van der Waals surface area contributed by atoms with Crippen LogP contribution in [0.2, 0.25) is 0 Å². The van der Waals surface area contributed by atoms with E-state index < -0.39 is 28.2 Å². The number of aliphatic hydroxyl groups is 1. The number of hydrogen-bond acceptors (Lipinski definition) is 5. The Morgan fingerprint density at radius 2 is 2.05 bits per heavy atom. The molecular weight excluding hydrogens is 306 g/mol. The van der Waals surface area contributed by atoms with Crippen LogP contribution < -0.4 is 10.9 Å². The average molecular weight is 329 g/mol. The summed E-state index contributed by atoms with van der Waals surface area (Å²) in [5, 5.41) is 14.2. The van der Waals surface area contributed by atoms with Gasteiger partial charge in [0, 0.05) is 12.6 Å². The van der Waals surface area contributed by atoms with Crippen molar-refractivity contribution in [2.24, 2.45) is 15.2 Å². The number of nitrogens with zero attached hydrogens (tertiary/aromatic N) is 1. The van der Waals surface area contributed by atoms with Gasteiger partial charge in [-0.3, -0.25) is 0 Å². The van der Waals surface area contributed by atoms with Gasteiger partial charge >= 0.3 is 6.09 Å². The Kier molecular flexibility index (Phi) is 7.46. The molecule has 1 rings (SSSR count). The molecule has 0 fully saturated rings. The van der Waals surface area contributed by atoms with Crippen LogP contribution in [0, 0.1) is 0 Å². The molecule has 8 heteroatoms. The number of aliphatic hydroxyl groups excluding tert-OH is 1. The topological polar surface area (TPSA) is 128 Å². The molecule has 1 unspecified atom stereocenters. The Hall–Kier alpha value is -1.48. The second-order valence-corrected chi connectivity index (χ2v) is 6.91. The van der Waals surface area contributed by atoms with Gasteiger partial charge in [0.2, 0.25) is 0 Å². The molecule has 1 aromatic carbocycles. The summed E-state index contributed by atoms with van der Waals surface area (Å²) in [6.45, 7) is 1.68. The first-order valence-electron chi connectivity index (χ1n) is 6.98. The summed E-state index contributed by atoms with van der Waals surface area (Å²) in [6.07, 6.45) is -0.559. The predicted molar refractivity (Wildman–Crippen MR) is 85.3 cm³/mol. The lowest BCUT2D eigenvalue weighted by Gasteiger charge is -2.13. The molecule has 0 aromatic heterocycles. The number of rotatable bonds is 7. The normalized spacial score (nSPS) is 16.4. The van der Waals surface area contributed by atoms with Gasteiger partial charge in [0.1, 0.15) is 16.0 Å². The maximum Gasteiger partial charge on any atom is 0.443 e. The van der Waals surface area contributed by atoms with Gasteiger partial charge in [0.25, 0.3) is 0 Å². The molecule has 0 saturated heterocycles. The Balaban J connectivity index is 2.62. The summed E-state index contributed by atoms with van der Waals surface area (Å²) in [7, 11) is -3.24. The molecule has 124 valence electrons. The van der Waals surface area contributed by atoms with Crippen LogP contribution >= 0.6 is 0 Å². The summed E-state index contributed by atoms with van der Waals surface area (Å²) in [5.74, 6) is -0.123. The third-order valence-electron chi connectivity index (χ3n) is 2.96. The molecule has 3 atom stereocenters. The van der Waals surface area contributed by atoms with Gasteiger partial charge in [-0.2, -0.15) is 0 Å². The summed E-state index contributed by atoms with van der Waals surface area (Å²) in [6, 6.07) is 8.62. The fourth-order valence-electron chi connectivity index (χ4n) is 1.87. The summed E-state index contributed by atoms with van der Waals surface area (Å²) < 4.78 is 20.6. The molecule has 0 aliphatic rings. The molecule has 0 bridgehead atoms. The van der Waals surface area contributed by atoms with Crippen molar-refractivity contribution in [2.45, 2.75) is 31.9 Å². The molecular formula is C14H23N3O4S. The van der Waals surface area contributed by atoms with E-state index in [0.717, 1.165) is 5.56 Å². The summed E-state index contributed by atoms with van der Waals surface area (Å²) >= 11 is 0. The van der Waals surface area contributed by atoms with Crippen LogP contribution in [0.3, 0.4) is 0 Å². The van der Waals surface area contributed by atoms with Crippen molar-refractivity contribution in [3.8, 4) is 0 Å².